The SMILES string of the molecule is CCc1cc(=O)[nH]c(N2CC[C@H](C(=O)O)C2)n1. The smallest absolute Gasteiger partial charge is 0.308 e. The molecule has 2 heterocycles. The molecule has 0 radical (unpaired) electrons. The largest absolute Gasteiger partial charge is 0.481 e. The number of H-pyrrole nitrogens is 1. The van der Waals surface area contributed by atoms with Gasteiger partial charge in [0.25, 0.3) is 5.56 Å². The van der Waals surface area contributed by atoms with Crippen molar-refractivity contribution in [2.75, 3.05) is 18.0 Å². The zero-order valence-electron chi connectivity index (χ0n) is 9.64. The summed E-state index contributed by atoms with van der Waals surface area (Å²) in [6.45, 7) is 2.95. The van der Waals surface area contributed by atoms with E-state index in [0.717, 1.165) is 5.69 Å². The molecular weight excluding hydrogens is 222 g/mol. The number of nitrogens with one attached hydrogen (secondary N) is 1. The highest BCUT2D eigenvalue weighted by Gasteiger charge is 2.29. The Labute approximate surface area is 98.3 Å². The van der Waals surface area contributed by atoms with Crippen molar-refractivity contribution >= 4 is 11.9 Å². The van der Waals surface area contributed by atoms with Crippen molar-refractivity contribution in [1.82, 2.24) is 9.97 Å². The molecule has 0 spiro atoms. The van der Waals surface area contributed by atoms with Gasteiger partial charge in [0, 0.05) is 24.8 Å². The lowest BCUT2D eigenvalue weighted by atomic mass is 10.1. The highest BCUT2D eigenvalue weighted by Crippen LogP contribution is 2.20. The standard InChI is InChI=1S/C11H15N3O3/c1-2-8-5-9(15)13-11(12-8)14-4-3-7(6-14)10(16)17/h5,7H,2-4,6H2,1H3,(H,16,17)(H,12,13,15)/t7-/m0/s1. The number of carboxylic acid groups (broad SMARTS) is 1. The maximum Gasteiger partial charge on any atom is 0.308 e. The van der Waals surface area contributed by atoms with Crippen LogP contribution in [0.1, 0.15) is 19.0 Å². The van der Waals surface area contributed by atoms with Gasteiger partial charge < -0.3 is 10.0 Å². The van der Waals surface area contributed by atoms with Gasteiger partial charge in [-0.2, -0.15) is 0 Å². The van der Waals surface area contributed by atoms with Crippen LogP contribution < -0.4 is 10.5 Å². The van der Waals surface area contributed by atoms with Crippen LogP contribution in [0.4, 0.5) is 5.95 Å². The molecule has 2 N–H and O–H groups in total. The molecule has 6 heteroatoms. The molecule has 2 rings (SSSR count). The molecule has 1 aliphatic rings. The molecule has 1 aromatic heterocycles. The van der Waals surface area contributed by atoms with Crippen LogP contribution in [0, 0.1) is 5.92 Å². The first-order valence-corrected chi connectivity index (χ1v) is 5.68. The molecule has 0 aliphatic carbocycles. The summed E-state index contributed by atoms with van der Waals surface area (Å²) < 4.78 is 0. The van der Waals surface area contributed by atoms with Gasteiger partial charge in [-0.15, -0.1) is 0 Å². The predicted octanol–water partition coefficient (Wildman–Crippen LogP) is 0.243. The Bertz CT molecular complexity index is 483. The molecule has 92 valence electrons. The molecule has 17 heavy (non-hydrogen) atoms. The monoisotopic (exact) mass is 237 g/mol. The molecule has 1 fully saturated rings. The lowest BCUT2D eigenvalue weighted by molar-refractivity contribution is -0.140. The fourth-order valence-electron chi connectivity index (χ4n) is 1.98. The number of aromatic amines is 1. The molecule has 0 unspecified atom stereocenters. The van der Waals surface area contributed by atoms with Crippen molar-refractivity contribution in [1.29, 1.82) is 0 Å². The minimum atomic E-state index is -0.790. The van der Waals surface area contributed by atoms with Crippen LogP contribution in [0.25, 0.3) is 0 Å². The third-order valence-corrected chi connectivity index (χ3v) is 2.98. The van der Waals surface area contributed by atoms with Gasteiger partial charge >= 0.3 is 5.97 Å². The summed E-state index contributed by atoms with van der Waals surface area (Å²) in [5, 5.41) is 8.91. The van der Waals surface area contributed by atoms with E-state index in [9.17, 15) is 9.59 Å². The zero-order valence-corrected chi connectivity index (χ0v) is 9.64. The van der Waals surface area contributed by atoms with E-state index in [1.54, 1.807) is 0 Å². The van der Waals surface area contributed by atoms with Gasteiger partial charge in [-0.3, -0.25) is 14.6 Å². The first kappa shape index (κ1) is 11.6. The second-order valence-corrected chi connectivity index (χ2v) is 4.18. The summed E-state index contributed by atoms with van der Waals surface area (Å²) in [5.74, 6) is -0.676. The maximum absolute atomic E-state index is 11.4. The second-order valence-electron chi connectivity index (χ2n) is 4.18. The molecule has 6 nitrogen and oxygen atoms in total. The molecule has 1 aliphatic heterocycles. The van der Waals surface area contributed by atoms with Crippen LogP contribution >= 0.6 is 0 Å². The third-order valence-electron chi connectivity index (χ3n) is 2.98. The Hall–Kier alpha value is -1.85. The van der Waals surface area contributed by atoms with Gasteiger partial charge in [-0.25, -0.2) is 4.98 Å². The molecule has 1 saturated heterocycles. The van der Waals surface area contributed by atoms with E-state index >= 15 is 0 Å². The summed E-state index contributed by atoms with van der Waals surface area (Å²) in [6, 6.07) is 1.47. The van der Waals surface area contributed by atoms with E-state index in [1.807, 2.05) is 11.8 Å². The lowest BCUT2D eigenvalue weighted by Crippen LogP contribution is -2.27. The van der Waals surface area contributed by atoms with Crippen LogP contribution in [0.3, 0.4) is 0 Å². The molecule has 0 bridgehead atoms. The molecule has 0 aromatic carbocycles. The van der Waals surface area contributed by atoms with Crippen LogP contribution in [0.2, 0.25) is 0 Å². The van der Waals surface area contributed by atoms with Gasteiger partial charge in [0.2, 0.25) is 5.95 Å². The normalized spacial score (nSPS) is 19.6. The average Bonchev–Trinajstić information content (AvgIpc) is 2.77. The van der Waals surface area contributed by atoms with Crippen molar-refractivity contribution in [3.63, 3.8) is 0 Å². The quantitative estimate of drug-likeness (QED) is 0.786. The van der Waals surface area contributed by atoms with Gasteiger partial charge in [0.05, 0.1) is 5.92 Å². The number of aryl methyl sites for hydroxylation is 1. The van der Waals surface area contributed by atoms with Crippen molar-refractivity contribution in [3.05, 3.63) is 22.1 Å². The second kappa shape index (κ2) is 4.57. The Morgan fingerprint density at radius 3 is 3.06 bits per heavy atom. The number of rotatable bonds is 3. The van der Waals surface area contributed by atoms with E-state index in [1.165, 1.54) is 6.07 Å². The van der Waals surface area contributed by atoms with Crippen LogP contribution in [0.15, 0.2) is 10.9 Å². The van der Waals surface area contributed by atoms with Gasteiger partial charge in [0.15, 0.2) is 0 Å². The Morgan fingerprint density at radius 2 is 2.47 bits per heavy atom. The van der Waals surface area contributed by atoms with E-state index in [0.29, 0.717) is 31.9 Å². The van der Waals surface area contributed by atoms with Crippen molar-refractivity contribution in [2.24, 2.45) is 5.92 Å². The molecule has 0 saturated carbocycles. The Kier molecular flexibility index (Phi) is 3.12. The molecule has 0 amide bonds. The number of aliphatic carboxylic acids is 1. The highest BCUT2D eigenvalue weighted by molar-refractivity contribution is 5.71. The molecule has 1 aromatic rings. The Balaban J connectivity index is 2.21. The van der Waals surface area contributed by atoms with Crippen molar-refractivity contribution in [2.45, 2.75) is 19.8 Å². The summed E-state index contributed by atoms with van der Waals surface area (Å²) >= 11 is 0. The maximum atomic E-state index is 11.4. The minimum Gasteiger partial charge on any atom is -0.481 e. The number of anilines is 1. The van der Waals surface area contributed by atoms with Crippen molar-refractivity contribution in [3.8, 4) is 0 Å². The Morgan fingerprint density at radius 1 is 1.71 bits per heavy atom. The topological polar surface area (TPSA) is 86.3 Å². The molecular formula is C11H15N3O3. The fraction of sp³-hybridized carbons (Fsp3) is 0.545. The summed E-state index contributed by atoms with van der Waals surface area (Å²) in [6.07, 6.45) is 1.28. The zero-order chi connectivity index (χ0) is 12.4. The van der Waals surface area contributed by atoms with Gasteiger partial charge in [-0.05, 0) is 12.8 Å². The highest BCUT2D eigenvalue weighted by atomic mass is 16.4. The van der Waals surface area contributed by atoms with E-state index in [2.05, 4.69) is 9.97 Å². The number of hydrogen-bond donors (Lipinski definition) is 2. The minimum absolute atomic E-state index is 0.189. The third kappa shape index (κ3) is 2.46. The number of aromatic nitrogens is 2. The fourth-order valence-corrected chi connectivity index (χ4v) is 1.98. The first-order valence-electron chi connectivity index (χ1n) is 5.68. The van der Waals surface area contributed by atoms with E-state index < -0.39 is 5.97 Å². The number of hydrogen-bond acceptors (Lipinski definition) is 4. The summed E-state index contributed by atoms with van der Waals surface area (Å²) in [4.78, 5) is 31.0. The summed E-state index contributed by atoms with van der Waals surface area (Å²) in [5.41, 5.74) is 0.535. The number of nitrogens with zero attached hydrogens (tertiary/aromatic N) is 2. The average molecular weight is 237 g/mol. The van der Waals surface area contributed by atoms with Gasteiger partial charge in [-0.1, -0.05) is 6.92 Å². The molecule has 1 atom stereocenters. The van der Waals surface area contributed by atoms with E-state index in [-0.39, 0.29) is 11.5 Å². The van der Waals surface area contributed by atoms with Gasteiger partial charge in [0.1, 0.15) is 0 Å². The van der Waals surface area contributed by atoms with Crippen LogP contribution in [0.5, 0.6) is 0 Å². The predicted molar refractivity (Wildman–Crippen MR) is 62.2 cm³/mol. The van der Waals surface area contributed by atoms with Crippen molar-refractivity contribution < 1.29 is 9.90 Å². The first-order chi connectivity index (χ1) is 8.10. The number of carbonyl (C=O) groups is 1. The van der Waals surface area contributed by atoms with Crippen LogP contribution in [-0.4, -0.2) is 34.1 Å². The van der Waals surface area contributed by atoms with Crippen LogP contribution in [-0.2, 0) is 11.2 Å². The lowest BCUT2D eigenvalue weighted by Gasteiger charge is -2.16. The van der Waals surface area contributed by atoms with E-state index in [4.69, 9.17) is 5.11 Å². The summed E-state index contributed by atoms with van der Waals surface area (Å²) in [7, 11) is 0. The number of carboxylic acids is 1.